The molecule has 3 aromatic rings. The summed E-state index contributed by atoms with van der Waals surface area (Å²) in [5.74, 6) is 0.245. The summed E-state index contributed by atoms with van der Waals surface area (Å²) < 4.78 is 0. The molecular formula is C32H39ClN2O2. The highest BCUT2D eigenvalue weighted by molar-refractivity contribution is 6.30. The van der Waals surface area contributed by atoms with Crippen LogP contribution in [0.5, 0.6) is 0 Å². The lowest BCUT2D eigenvalue weighted by atomic mass is 9.98. The molecule has 0 saturated heterocycles. The minimum Gasteiger partial charge on any atom is -0.350 e. The van der Waals surface area contributed by atoms with Crippen molar-refractivity contribution in [3.8, 4) is 0 Å². The molecule has 1 atom stereocenters. The molecule has 0 spiro atoms. The molecule has 0 aliphatic heterocycles. The SMILES string of the molecule is CC(C)c1ccc(CCC(=O)N(Cc2cccc(Cl)c2)C(Cc2ccccc2)C(=O)NC(C)(C)C)cc1. The van der Waals surface area contributed by atoms with E-state index in [-0.39, 0.29) is 11.8 Å². The van der Waals surface area contributed by atoms with Gasteiger partial charge in [-0.05, 0) is 67.5 Å². The van der Waals surface area contributed by atoms with E-state index >= 15 is 0 Å². The summed E-state index contributed by atoms with van der Waals surface area (Å²) in [5, 5.41) is 3.71. The molecule has 0 bridgehead atoms. The summed E-state index contributed by atoms with van der Waals surface area (Å²) in [6.07, 6.45) is 1.36. The van der Waals surface area contributed by atoms with Crippen LogP contribution >= 0.6 is 11.6 Å². The zero-order chi connectivity index (χ0) is 27.0. The first kappa shape index (κ1) is 28.5. The number of benzene rings is 3. The molecule has 3 aromatic carbocycles. The molecule has 0 heterocycles. The van der Waals surface area contributed by atoms with Crippen LogP contribution in [0.4, 0.5) is 0 Å². The van der Waals surface area contributed by atoms with Crippen molar-refractivity contribution in [2.75, 3.05) is 0 Å². The smallest absolute Gasteiger partial charge is 0.243 e. The molecule has 0 radical (unpaired) electrons. The number of carbonyl (C=O) groups excluding carboxylic acids is 2. The van der Waals surface area contributed by atoms with E-state index in [0.717, 1.165) is 16.7 Å². The Morgan fingerprint density at radius 3 is 2.11 bits per heavy atom. The Kier molecular flexibility index (Phi) is 9.93. The zero-order valence-electron chi connectivity index (χ0n) is 22.6. The lowest BCUT2D eigenvalue weighted by Crippen LogP contribution is -2.54. The Balaban J connectivity index is 1.90. The molecule has 3 rings (SSSR count). The molecular weight excluding hydrogens is 480 g/mol. The van der Waals surface area contributed by atoms with Crippen LogP contribution in [0.2, 0.25) is 5.02 Å². The molecule has 37 heavy (non-hydrogen) atoms. The summed E-state index contributed by atoms with van der Waals surface area (Å²) >= 11 is 6.26. The van der Waals surface area contributed by atoms with Crippen LogP contribution in [-0.4, -0.2) is 28.3 Å². The van der Waals surface area contributed by atoms with Gasteiger partial charge in [0.2, 0.25) is 11.8 Å². The first-order chi connectivity index (χ1) is 17.5. The molecule has 0 aliphatic carbocycles. The number of hydrogen-bond donors (Lipinski definition) is 1. The largest absolute Gasteiger partial charge is 0.350 e. The van der Waals surface area contributed by atoms with Gasteiger partial charge < -0.3 is 10.2 Å². The molecule has 0 aromatic heterocycles. The molecule has 196 valence electrons. The van der Waals surface area contributed by atoms with E-state index in [1.165, 1.54) is 5.56 Å². The van der Waals surface area contributed by atoms with Crippen LogP contribution in [0.15, 0.2) is 78.9 Å². The van der Waals surface area contributed by atoms with Crippen molar-refractivity contribution in [3.05, 3.63) is 106 Å². The van der Waals surface area contributed by atoms with Crippen molar-refractivity contribution in [1.29, 1.82) is 0 Å². The van der Waals surface area contributed by atoms with E-state index in [1.54, 1.807) is 4.90 Å². The lowest BCUT2D eigenvalue weighted by Gasteiger charge is -2.34. The molecule has 1 N–H and O–H groups in total. The van der Waals surface area contributed by atoms with Crippen molar-refractivity contribution in [3.63, 3.8) is 0 Å². The van der Waals surface area contributed by atoms with Crippen molar-refractivity contribution >= 4 is 23.4 Å². The van der Waals surface area contributed by atoms with Gasteiger partial charge in [-0.2, -0.15) is 0 Å². The average molecular weight is 519 g/mol. The number of amides is 2. The molecule has 1 unspecified atom stereocenters. The Hall–Kier alpha value is -3.11. The van der Waals surface area contributed by atoms with Gasteiger partial charge in [0.05, 0.1) is 0 Å². The fraction of sp³-hybridized carbons (Fsp3) is 0.375. The third-order valence-electron chi connectivity index (χ3n) is 6.29. The highest BCUT2D eigenvalue weighted by Crippen LogP contribution is 2.20. The fourth-order valence-corrected chi connectivity index (χ4v) is 4.52. The summed E-state index contributed by atoms with van der Waals surface area (Å²) in [7, 11) is 0. The van der Waals surface area contributed by atoms with Crippen molar-refractivity contribution in [1.82, 2.24) is 10.2 Å². The Morgan fingerprint density at radius 2 is 1.51 bits per heavy atom. The average Bonchev–Trinajstić information content (AvgIpc) is 2.84. The van der Waals surface area contributed by atoms with Crippen LogP contribution in [0.25, 0.3) is 0 Å². The van der Waals surface area contributed by atoms with Gasteiger partial charge in [-0.1, -0.05) is 92.2 Å². The minimum atomic E-state index is -0.656. The number of hydrogen-bond acceptors (Lipinski definition) is 2. The monoisotopic (exact) mass is 518 g/mol. The van der Waals surface area contributed by atoms with E-state index < -0.39 is 11.6 Å². The van der Waals surface area contributed by atoms with Crippen LogP contribution in [0.3, 0.4) is 0 Å². The van der Waals surface area contributed by atoms with Crippen LogP contribution in [-0.2, 0) is 29.0 Å². The first-order valence-electron chi connectivity index (χ1n) is 13.0. The predicted molar refractivity (Wildman–Crippen MR) is 153 cm³/mol. The zero-order valence-corrected chi connectivity index (χ0v) is 23.4. The number of rotatable bonds is 10. The third kappa shape index (κ3) is 9.05. The normalized spacial score (nSPS) is 12.3. The van der Waals surface area contributed by atoms with Crippen molar-refractivity contribution < 1.29 is 9.59 Å². The number of nitrogens with zero attached hydrogens (tertiary/aromatic N) is 1. The van der Waals surface area contributed by atoms with E-state index in [2.05, 4.69) is 43.4 Å². The van der Waals surface area contributed by atoms with Gasteiger partial charge in [0.15, 0.2) is 0 Å². The third-order valence-corrected chi connectivity index (χ3v) is 6.52. The summed E-state index contributed by atoms with van der Waals surface area (Å²) in [4.78, 5) is 29.1. The number of aryl methyl sites for hydroxylation is 1. The molecule has 0 fully saturated rings. The molecule has 5 heteroatoms. The van der Waals surface area contributed by atoms with E-state index in [4.69, 9.17) is 11.6 Å². The second-order valence-corrected chi connectivity index (χ2v) is 11.4. The van der Waals surface area contributed by atoms with E-state index in [9.17, 15) is 9.59 Å². The van der Waals surface area contributed by atoms with Gasteiger partial charge in [-0.25, -0.2) is 0 Å². The number of halogens is 1. The maximum Gasteiger partial charge on any atom is 0.243 e. The molecule has 4 nitrogen and oxygen atoms in total. The highest BCUT2D eigenvalue weighted by atomic mass is 35.5. The quantitative estimate of drug-likeness (QED) is 0.315. The van der Waals surface area contributed by atoms with Crippen LogP contribution in [0, 0.1) is 0 Å². The van der Waals surface area contributed by atoms with Crippen molar-refractivity contribution in [2.24, 2.45) is 0 Å². The minimum absolute atomic E-state index is 0.0575. The number of carbonyl (C=O) groups is 2. The maximum absolute atomic E-state index is 13.8. The standard InChI is InChI=1S/C32H39ClN2O2/c1-23(2)27-17-14-24(15-18-27)16-19-30(36)35(22-26-12-9-13-28(33)20-26)29(31(37)34-32(3,4)5)21-25-10-7-6-8-11-25/h6-15,17-18,20,23,29H,16,19,21-22H2,1-5H3,(H,34,37). The van der Waals surface area contributed by atoms with E-state index in [0.29, 0.717) is 36.7 Å². The Morgan fingerprint density at radius 1 is 0.865 bits per heavy atom. The summed E-state index contributed by atoms with van der Waals surface area (Å²) in [5.41, 5.74) is 3.86. The van der Waals surface area contributed by atoms with Crippen molar-refractivity contribution in [2.45, 2.75) is 77.9 Å². The van der Waals surface area contributed by atoms with Gasteiger partial charge in [0.25, 0.3) is 0 Å². The topological polar surface area (TPSA) is 49.4 Å². The number of nitrogens with one attached hydrogen (secondary N) is 1. The van der Waals surface area contributed by atoms with Crippen LogP contribution in [0.1, 0.15) is 69.2 Å². The predicted octanol–water partition coefficient (Wildman–Crippen LogP) is 6.95. The Labute approximate surface area is 227 Å². The second kappa shape index (κ2) is 12.9. The van der Waals surface area contributed by atoms with Gasteiger partial charge in [-0.3, -0.25) is 9.59 Å². The fourth-order valence-electron chi connectivity index (χ4n) is 4.30. The second-order valence-electron chi connectivity index (χ2n) is 11.0. The lowest BCUT2D eigenvalue weighted by molar-refractivity contribution is -0.141. The Bertz CT molecular complexity index is 1170. The molecule has 0 saturated carbocycles. The highest BCUT2D eigenvalue weighted by Gasteiger charge is 2.32. The van der Waals surface area contributed by atoms with Gasteiger partial charge in [-0.15, -0.1) is 0 Å². The first-order valence-corrected chi connectivity index (χ1v) is 13.4. The van der Waals surface area contributed by atoms with E-state index in [1.807, 2.05) is 75.4 Å². The van der Waals surface area contributed by atoms with Gasteiger partial charge in [0.1, 0.15) is 6.04 Å². The van der Waals surface area contributed by atoms with Gasteiger partial charge >= 0.3 is 0 Å². The molecule has 0 aliphatic rings. The van der Waals surface area contributed by atoms with Gasteiger partial charge in [0, 0.05) is 29.9 Å². The van der Waals surface area contributed by atoms with Crippen LogP contribution < -0.4 is 5.32 Å². The summed E-state index contributed by atoms with van der Waals surface area (Å²) in [6.45, 7) is 10.5. The molecule has 2 amide bonds. The maximum atomic E-state index is 13.8. The summed E-state index contributed by atoms with van der Waals surface area (Å²) in [6, 6.07) is 25.1.